The normalized spacial score (nSPS) is 22.0. The van der Waals surface area contributed by atoms with Crippen molar-refractivity contribution in [1.29, 1.82) is 0 Å². The molecule has 1 aromatic carbocycles. The quantitative estimate of drug-likeness (QED) is 0.897. The minimum atomic E-state index is -0.259. The molecule has 1 aliphatic heterocycles. The highest BCUT2D eigenvalue weighted by atomic mass is 32.1. The minimum absolute atomic E-state index is 0.182. The van der Waals surface area contributed by atoms with Gasteiger partial charge in [0.25, 0.3) is 0 Å². The fourth-order valence-corrected chi connectivity index (χ4v) is 4.50. The van der Waals surface area contributed by atoms with Gasteiger partial charge >= 0.3 is 0 Å². The van der Waals surface area contributed by atoms with Crippen LogP contribution in [0, 0.1) is 5.92 Å². The van der Waals surface area contributed by atoms with E-state index in [1.165, 1.54) is 5.56 Å². The maximum atomic E-state index is 5.83. The molecule has 2 heterocycles. The molecule has 0 radical (unpaired) electrons. The predicted octanol–water partition coefficient (Wildman–Crippen LogP) is 3.76. The highest BCUT2D eigenvalue weighted by Crippen LogP contribution is 2.38. The molecule has 1 aliphatic carbocycles. The summed E-state index contributed by atoms with van der Waals surface area (Å²) < 4.78 is 11.7. The second kappa shape index (κ2) is 7.31. The van der Waals surface area contributed by atoms with Crippen molar-refractivity contribution >= 4 is 11.3 Å². The minimum Gasteiger partial charge on any atom is -0.348 e. The summed E-state index contributed by atoms with van der Waals surface area (Å²) in [6.45, 7) is 2.52. The van der Waals surface area contributed by atoms with Gasteiger partial charge < -0.3 is 14.8 Å². The van der Waals surface area contributed by atoms with E-state index in [4.69, 9.17) is 9.47 Å². The van der Waals surface area contributed by atoms with Gasteiger partial charge in [-0.15, -0.1) is 11.3 Å². The molecule has 1 atom stereocenters. The van der Waals surface area contributed by atoms with Crippen LogP contribution in [0.5, 0.6) is 0 Å². The molecule has 1 N–H and O–H groups in total. The van der Waals surface area contributed by atoms with Crippen LogP contribution in [0.2, 0.25) is 0 Å². The van der Waals surface area contributed by atoms with E-state index in [0.29, 0.717) is 5.92 Å². The first kappa shape index (κ1) is 16.2. The van der Waals surface area contributed by atoms with Crippen LogP contribution in [0.25, 0.3) is 0 Å². The summed E-state index contributed by atoms with van der Waals surface area (Å²) in [4.78, 5) is 4.53. The first-order valence-corrected chi connectivity index (χ1v) is 9.68. The molecule has 24 heavy (non-hydrogen) atoms. The van der Waals surface area contributed by atoms with Gasteiger partial charge in [-0.3, -0.25) is 0 Å². The molecule has 0 bridgehead atoms. The average molecular weight is 344 g/mol. The third-order valence-corrected chi connectivity index (χ3v) is 5.96. The van der Waals surface area contributed by atoms with E-state index in [0.717, 1.165) is 50.4 Å². The number of thiazole rings is 1. The summed E-state index contributed by atoms with van der Waals surface area (Å²) in [6, 6.07) is 10.8. The topological polar surface area (TPSA) is 43.4 Å². The molecule has 5 heteroatoms. The first-order valence-electron chi connectivity index (χ1n) is 8.80. The van der Waals surface area contributed by atoms with Crippen molar-refractivity contribution in [1.82, 2.24) is 10.3 Å². The Morgan fingerprint density at radius 1 is 1.17 bits per heavy atom. The zero-order valence-electron chi connectivity index (χ0n) is 13.8. The lowest BCUT2D eigenvalue weighted by Crippen LogP contribution is -2.38. The Kier molecular flexibility index (Phi) is 4.94. The summed E-state index contributed by atoms with van der Waals surface area (Å²) in [6.07, 6.45) is 6.24. The number of nitrogens with zero attached hydrogens (tertiary/aromatic N) is 1. The third-order valence-electron chi connectivity index (χ3n) is 5.12. The molecule has 1 saturated heterocycles. The lowest BCUT2D eigenvalue weighted by atomic mass is 9.85. The molecule has 1 unspecified atom stereocenters. The molecule has 4 nitrogen and oxygen atoms in total. The fourth-order valence-electron chi connectivity index (χ4n) is 3.76. The summed E-state index contributed by atoms with van der Waals surface area (Å²) in [7, 11) is 0. The standard InChI is InChI=1S/C19H24N2O2S/c1-2-4-16(5-3-1)17(18-20-10-13-24-18)21-14-15-6-8-19(9-7-15)22-11-12-23-19/h1-5,10,13,15,17,21H,6-9,11-12,14H2. The van der Waals surface area contributed by atoms with Crippen LogP contribution in [-0.4, -0.2) is 30.5 Å². The summed E-state index contributed by atoms with van der Waals surface area (Å²) in [5, 5.41) is 6.94. The van der Waals surface area contributed by atoms with Crippen LogP contribution in [-0.2, 0) is 9.47 Å². The second-order valence-electron chi connectivity index (χ2n) is 6.67. The van der Waals surface area contributed by atoms with Gasteiger partial charge in [-0.2, -0.15) is 0 Å². The maximum absolute atomic E-state index is 5.83. The molecule has 1 aromatic heterocycles. The Balaban J connectivity index is 1.38. The van der Waals surface area contributed by atoms with Gasteiger partial charge in [0, 0.05) is 24.4 Å². The molecule has 128 valence electrons. The molecular formula is C19H24N2O2S. The third kappa shape index (κ3) is 3.54. The molecule has 1 spiro atoms. The van der Waals surface area contributed by atoms with Crippen molar-refractivity contribution in [3.8, 4) is 0 Å². The SMILES string of the molecule is c1ccc(C(NCC2CCC3(CC2)OCCO3)c2nccs2)cc1. The Bertz CT molecular complexity index is 616. The van der Waals surface area contributed by atoms with Gasteiger partial charge in [0.1, 0.15) is 5.01 Å². The van der Waals surface area contributed by atoms with E-state index in [9.17, 15) is 0 Å². The van der Waals surface area contributed by atoms with Crippen LogP contribution in [0.3, 0.4) is 0 Å². The number of nitrogens with one attached hydrogen (secondary N) is 1. The number of ether oxygens (including phenoxy) is 2. The monoisotopic (exact) mass is 344 g/mol. The maximum Gasteiger partial charge on any atom is 0.168 e. The fraction of sp³-hybridized carbons (Fsp3) is 0.526. The molecule has 1 saturated carbocycles. The van der Waals surface area contributed by atoms with Crippen molar-refractivity contribution in [2.75, 3.05) is 19.8 Å². The van der Waals surface area contributed by atoms with Gasteiger partial charge in [-0.25, -0.2) is 4.98 Å². The van der Waals surface area contributed by atoms with Crippen LogP contribution in [0.4, 0.5) is 0 Å². The molecule has 2 aromatic rings. The van der Waals surface area contributed by atoms with Crippen molar-refractivity contribution in [2.45, 2.75) is 37.5 Å². The molecular weight excluding hydrogens is 320 g/mol. The van der Waals surface area contributed by atoms with E-state index in [2.05, 4.69) is 40.6 Å². The van der Waals surface area contributed by atoms with Crippen LogP contribution in [0.1, 0.15) is 42.3 Å². The van der Waals surface area contributed by atoms with Crippen molar-refractivity contribution in [3.63, 3.8) is 0 Å². The highest BCUT2D eigenvalue weighted by molar-refractivity contribution is 7.09. The number of hydrogen-bond donors (Lipinski definition) is 1. The Hall–Kier alpha value is -1.27. The number of rotatable bonds is 5. The van der Waals surface area contributed by atoms with Crippen LogP contribution in [0.15, 0.2) is 41.9 Å². The lowest BCUT2D eigenvalue weighted by molar-refractivity contribution is -0.182. The number of benzene rings is 1. The Morgan fingerprint density at radius 2 is 1.92 bits per heavy atom. The zero-order valence-corrected chi connectivity index (χ0v) is 14.6. The summed E-state index contributed by atoms with van der Waals surface area (Å²) in [5.41, 5.74) is 1.28. The smallest absolute Gasteiger partial charge is 0.168 e. The van der Waals surface area contributed by atoms with Gasteiger partial charge in [0.2, 0.25) is 0 Å². The van der Waals surface area contributed by atoms with Gasteiger partial charge in [0.05, 0.1) is 19.3 Å². The number of aromatic nitrogens is 1. The van der Waals surface area contributed by atoms with E-state index in [-0.39, 0.29) is 11.8 Å². The van der Waals surface area contributed by atoms with E-state index in [1.807, 2.05) is 11.6 Å². The van der Waals surface area contributed by atoms with Crippen molar-refractivity contribution < 1.29 is 9.47 Å². The Morgan fingerprint density at radius 3 is 2.58 bits per heavy atom. The Labute approximate surface area is 147 Å². The predicted molar refractivity (Wildman–Crippen MR) is 95.0 cm³/mol. The molecule has 0 amide bonds. The average Bonchev–Trinajstić information content (AvgIpc) is 3.31. The van der Waals surface area contributed by atoms with Crippen molar-refractivity contribution in [2.24, 2.45) is 5.92 Å². The summed E-state index contributed by atoms with van der Waals surface area (Å²) >= 11 is 1.71. The summed E-state index contributed by atoms with van der Waals surface area (Å²) in [5.74, 6) is 0.416. The van der Waals surface area contributed by atoms with Crippen LogP contribution >= 0.6 is 11.3 Å². The highest BCUT2D eigenvalue weighted by Gasteiger charge is 2.40. The molecule has 2 aliphatic rings. The first-order chi connectivity index (χ1) is 11.8. The van der Waals surface area contributed by atoms with Gasteiger partial charge in [-0.05, 0) is 30.9 Å². The zero-order chi connectivity index (χ0) is 16.2. The van der Waals surface area contributed by atoms with Gasteiger partial charge in [0.15, 0.2) is 5.79 Å². The second-order valence-corrected chi connectivity index (χ2v) is 7.60. The van der Waals surface area contributed by atoms with E-state index >= 15 is 0 Å². The molecule has 2 fully saturated rings. The van der Waals surface area contributed by atoms with E-state index < -0.39 is 0 Å². The van der Waals surface area contributed by atoms with E-state index in [1.54, 1.807) is 11.3 Å². The van der Waals surface area contributed by atoms with Gasteiger partial charge in [-0.1, -0.05) is 30.3 Å². The lowest BCUT2D eigenvalue weighted by Gasteiger charge is -2.35. The van der Waals surface area contributed by atoms with Crippen LogP contribution < -0.4 is 5.32 Å². The number of hydrogen-bond acceptors (Lipinski definition) is 5. The molecule has 4 rings (SSSR count). The largest absolute Gasteiger partial charge is 0.348 e. The van der Waals surface area contributed by atoms with Crippen molar-refractivity contribution in [3.05, 3.63) is 52.5 Å².